The first-order chi connectivity index (χ1) is 9.81. The van der Waals surface area contributed by atoms with Gasteiger partial charge in [-0.05, 0) is 13.0 Å². The monoisotopic (exact) mass is 298 g/mol. The normalized spacial score (nSPS) is 17.9. The molecule has 1 aliphatic heterocycles. The van der Waals surface area contributed by atoms with Crippen LogP contribution in [0, 0.1) is 0 Å². The number of rotatable bonds is 7. The molecular formula is C14H22N2O3S. The van der Waals surface area contributed by atoms with Crippen molar-refractivity contribution in [1.29, 1.82) is 0 Å². The molecule has 0 unspecified atom stereocenters. The third-order valence-electron chi connectivity index (χ3n) is 3.34. The van der Waals surface area contributed by atoms with Gasteiger partial charge in [-0.2, -0.15) is 11.8 Å². The van der Waals surface area contributed by atoms with Gasteiger partial charge in [0.1, 0.15) is 6.61 Å². The van der Waals surface area contributed by atoms with Crippen LogP contribution in [0.15, 0.2) is 23.0 Å². The van der Waals surface area contributed by atoms with Crippen molar-refractivity contribution in [2.75, 3.05) is 44.4 Å². The number of thioether (sulfide) groups is 1. The predicted molar refractivity (Wildman–Crippen MR) is 79.8 cm³/mol. The molecule has 1 amide bonds. The van der Waals surface area contributed by atoms with E-state index in [4.69, 9.17) is 9.15 Å². The lowest BCUT2D eigenvalue weighted by molar-refractivity contribution is -0.125. The number of nitrogens with one attached hydrogen (secondary N) is 1. The summed E-state index contributed by atoms with van der Waals surface area (Å²) in [6, 6.07) is 2.15. The van der Waals surface area contributed by atoms with Crippen LogP contribution >= 0.6 is 11.8 Å². The Morgan fingerprint density at radius 1 is 1.55 bits per heavy atom. The SMILES string of the molecule is CCOCC(=O)NC[C@H](c1ccoc1)N1CCSCC1. The van der Waals surface area contributed by atoms with Crippen molar-refractivity contribution in [2.45, 2.75) is 13.0 Å². The highest BCUT2D eigenvalue weighted by molar-refractivity contribution is 7.99. The summed E-state index contributed by atoms with van der Waals surface area (Å²) >= 11 is 1.98. The maximum absolute atomic E-state index is 11.7. The molecule has 2 heterocycles. The molecule has 112 valence electrons. The van der Waals surface area contributed by atoms with E-state index in [0.717, 1.165) is 30.2 Å². The molecule has 0 bridgehead atoms. The summed E-state index contributed by atoms with van der Waals surface area (Å²) in [7, 11) is 0. The summed E-state index contributed by atoms with van der Waals surface area (Å²) in [4.78, 5) is 14.1. The molecule has 1 atom stereocenters. The minimum absolute atomic E-state index is 0.0632. The van der Waals surface area contributed by atoms with E-state index in [0.29, 0.717) is 13.2 Å². The smallest absolute Gasteiger partial charge is 0.246 e. The molecule has 0 spiro atoms. The van der Waals surface area contributed by atoms with Crippen LogP contribution in [-0.4, -0.2) is 55.2 Å². The van der Waals surface area contributed by atoms with Crippen LogP contribution in [0.2, 0.25) is 0 Å². The maximum atomic E-state index is 11.7. The molecular weight excluding hydrogens is 276 g/mol. The van der Waals surface area contributed by atoms with E-state index >= 15 is 0 Å². The lowest BCUT2D eigenvalue weighted by atomic mass is 10.1. The highest BCUT2D eigenvalue weighted by Crippen LogP contribution is 2.24. The topological polar surface area (TPSA) is 54.7 Å². The molecule has 1 aliphatic rings. The Balaban J connectivity index is 1.91. The van der Waals surface area contributed by atoms with Gasteiger partial charge in [-0.25, -0.2) is 0 Å². The van der Waals surface area contributed by atoms with E-state index in [9.17, 15) is 4.79 Å². The van der Waals surface area contributed by atoms with E-state index < -0.39 is 0 Å². The number of nitrogens with zero attached hydrogens (tertiary/aromatic N) is 1. The van der Waals surface area contributed by atoms with E-state index in [1.165, 1.54) is 0 Å². The largest absolute Gasteiger partial charge is 0.472 e. The van der Waals surface area contributed by atoms with Crippen molar-refractivity contribution in [3.63, 3.8) is 0 Å². The van der Waals surface area contributed by atoms with Crippen molar-refractivity contribution < 1.29 is 13.9 Å². The summed E-state index contributed by atoms with van der Waals surface area (Å²) < 4.78 is 10.3. The van der Waals surface area contributed by atoms with Crippen LogP contribution in [0.25, 0.3) is 0 Å². The van der Waals surface area contributed by atoms with Crippen LogP contribution in [-0.2, 0) is 9.53 Å². The number of furan rings is 1. The Kier molecular flexibility index (Phi) is 6.42. The number of hydrogen-bond acceptors (Lipinski definition) is 5. The van der Waals surface area contributed by atoms with Gasteiger partial charge in [-0.15, -0.1) is 0 Å². The Hall–Kier alpha value is -0.980. The number of hydrogen-bond donors (Lipinski definition) is 1. The molecule has 1 saturated heterocycles. The van der Waals surface area contributed by atoms with E-state index in [2.05, 4.69) is 10.2 Å². The Morgan fingerprint density at radius 2 is 2.35 bits per heavy atom. The van der Waals surface area contributed by atoms with Gasteiger partial charge in [0.2, 0.25) is 5.91 Å². The molecule has 0 aliphatic carbocycles. The third kappa shape index (κ3) is 4.54. The molecule has 5 nitrogen and oxygen atoms in total. The van der Waals surface area contributed by atoms with Crippen LogP contribution in [0.1, 0.15) is 18.5 Å². The molecule has 0 aromatic carbocycles. The van der Waals surface area contributed by atoms with Crippen LogP contribution in [0.4, 0.5) is 0 Å². The predicted octanol–water partition coefficient (Wildman–Crippen LogP) is 1.52. The first-order valence-electron chi connectivity index (χ1n) is 6.99. The van der Waals surface area contributed by atoms with Gasteiger partial charge >= 0.3 is 0 Å². The molecule has 0 radical (unpaired) electrons. The second-order valence-electron chi connectivity index (χ2n) is 4.66. The fourth-order valence-corrected chi connectivity index (χ4v) is 3.20. The molecule has 1 fully saturated rings. The quantitative estimate of drug-likeness (QED) is 0.827. The molecule has 20 heavy (non-hydrogen) atoms. The molecule has 1 N–H and O–H groups in total. The zero-order valence-corrected chi connectivity index (χ0v) is 12.7. The van der Waals surface area contributed by atoms with Crippen molar-refractivity contribution in [2.24, 2.45) is 0 Å². The van der Waals surface area contributed by atoms with Crippen molar-refractivity contribution >= 4 is 17.7 Å². The molecule has 2 rings (SSSR count). The summed E-state index contributed by atoms with van der Waals surface area (Å²) in [5, 5.41) is 2.95. The Bertz CT molecular complexity index is 391. The third-order valence-corrected chi connectivity index (χ3v) is 4.29. The lowest BCUT2D eigenvalue weighted by Crippen LogP contribution is -2.42. The summed E-state index contributed by atoms with van der Waals surface area (Å²) in [5.74, 6) is 2.22. The fourth-order valence-electron chi connectivity index (χ4n) is 2.27. The van der Waals surface area contributed by atoms with Gasteiger partial charge in [0, 0.05) is 43.3 Å². The average Bonchev–Trinajstić information content (AvgIpc) is 3.00. The van der Waals surface area contributed by atoms with Crippen molar-refractivity contribution in [3.8, 4) is 0 Å². The van der Waals surface area contributed by atoms with Crippen LogP contribution < -0.4 is 5.32 Å². The van der Waals surface area contributed by atoms with E-state index in [1.54, 1.807) is 12.5 Å². The van der Waals surface area contributed by atoms with Gasteiger partial charge < -0.3 is 14.5 Å². The fraction of sp³-hybridized carbons (Fsp3) is 0.643. The Morgan fingerprint density at radius 3 is 3.00 bits per heavy atom. The molecule has 0 saturated carbocycles. The van der Waals surface area contributed by atoms with E-state index in [1.807, 2.05) is 24.8 Å². The maximum Gasteiger partial charge on any atom is 0.246 e. The molecule has 1 aromatic heterocycles. The minimum atomic E-state index is -0.0632. The summed E-state index contributed by atoms with van der Waals surface area (Å²) in [6.07, 6.45) is 3.45. The number of carbonyl (C=O) groups is 1. The first kappa shape index (κ1) is 15.4. The molecule has 1 aromatic rings. The van der Waals surface area contributed by atoms with Crippen LogP contribution in [0.3, 0.4) is 0 Å². The Labute approximate surface area is 124 Å². The van der Waals surface area contributed by atoms with Gasteiger partial charge in [0.15, 0.2) is 0 Å². The van der Waals surface area contributed by atoms with Crippen LogP contribution in [0.5, 0.6) is 0 Å². The van der Waals surface area contributed by atoms with Gasteiger partial charge in [0.05, 0.1) is 18.6 Å². The zero-order valence-electron chi connectivity index (χ0n) is 11.8. The second kappa shape index (κ2) is 8.34. The molecule has 6 heteroatoms. The summed E-state index contributed by atoms with van der Waals surface area (Å²) in [5.41, 5.74) is 1.12. The average molecular weight is 298 g/mol. The minimum Gasteiger partial charge on any atom is -0.472 e. The lowest BCUT2D eigenvalue weighted by Gasteiger charge is -2.33. The standard InChI is InChI=1S/C14H22N2O3S/c1-2-18-11-14(17)15-9-13(12-3-6-19-10-12)16-4-7-20-8-5-16/h3,6,10,13H,2,4-5,7-9,11H2,1H3,(H,15,17)/t13-/m1/s1. The first-order valence-corrected chi connectivity index (χ1v) is 8.15. The summed E-state index contributed by atoms with van der Waals surface area (Å²) in [6.45, 7) is 5.25. The second-order valence-corrected chi connectivity index (χ2v) is 5.89. The van der Waals surface area contributed by atoms with Gasteiger partial charge in [-0.1, -0.05) is 0 Å². The highest BCUT2D eigenvalue weighted by Gasteiger charge is 2.23. The van der Waals surface area contributed by atoms with E-state index in [-0.39, 0.29) is 18.6 Å². The zero-order chi connectivity index (χ0) is 14.2. The van der Waals surface area contributed by atoms with Crippen molar-refractivity contribution in [1.82, 2.24) is 10.2 Å². The van der Waals surface area contributed by atoms with Gasteiger partial charge in [0.25, 0.3) is 0 Å². The number of amides is 1. The highest BCUT2D eigenvalue weighted by atomic mass is 32.2. The van der Waals surface area contributed by atoms with Gasteiger partial charge in [-0.3, -0.25) is 9.69 Å². The number of ether oxygens (including phenoxy) is 1. The van der Waals surface area contributed by atoms with Crippen molar-refractivity contribution in [3.05, 3.63) is 24.2 Å². The number of carbonyl (C=O) groups excluding carboxylic acids is 1.